The lowest BCUT2D eigenvalue weighted by Gasteiger charge is -2.29. The van der Waals surface area contributed by atoms with Crippen LogP contribution in [-0.2, 0) is 14.4 Å². The predicted octanol–water partition coefficient (Wildman–Crippen LogP) is 4.13. The summed E-state index contributed by atoms with van der Waals surface area (Å²) in [5.41, 5.74) is 4.50. The Balaban J connectivity index is 1.38. The number of para-hydroxylation sites is 1. The molecule has 6 rings (SSSR count). The number of nitrogens with zero attached hydrogens (tertiary/aromatic N) is 2. The largest absolute Gasteiger partial charge is 0.391 e. The molecule has 2 bridgehead atoms. The molecule has 2 amide bonds. The highest BCUT2D eigenvalue weighted by Crippen LogP contribution is 2.62. The standard InChI is InChI=1S/C24H21ClN2O3/c1-11-4-3-5-12(2)21(11)27-23(28)17-15-10-16(18(17)24(27)29)22-19(15)20(26-30-22)13-6-8-14(25)9-7-13/h3-9,15-19,22H,10H2,1-2H3/t15-,16-,17+,18-,19-,22-/m1/s1. The maximum atomic E-state index is 13.6. The highest BCUT2D eigenvalue weighted by molar-refractivity contribution is 6.30. The third-order valence-corrected chi connectivity index (χ3v) is 7.75. The van der Waals surface area contributed by atoms with E-state index < -0.39 is 0 Å². The molecule has 2 aliphatic carbocycles. The van der Waals surface area contributed by atoms with E-state index in [0.29, 0.717) is 5.02 Å². The van der Waals surface area contributed by atoms with Crippen molar-refractivity contribution in [1.29, 1.82) is 0 Å². The lowest BCUT2D eigenvalue weighted by atomic mass is 9.71. The Morgan fingerprint density at radius 3 is 2.23 bits per heavy atom. The second kappa shape index (κ2) is 6.17. The summed E-state index contributed by atoms with van der Waals surface area (Å²) in [5.74, 6) is -0.568. The summed E-state index contributed by atoms with van der Waals surface area (Å²) in [6.45, 7) is 3.91. The van der Waals surface area contributed by atoms with Crippen LogP contribution in [-0.4, -0.2) is 23.6 Å². The summed E-state index contributed by atoms with van der Waals surface area (Å²) in [6, 6.07) is 13.4. The van der Waals surface area contributed by atoms with Gasteiger partial charge in [0, 0.05) is 16.9 Å². The van der Waals surface area contributed by atoms with Crippen molar-refractivity contribution in [2.24, 2.45) is 34.7 Å². The third kappa shape index (κ3) is 2.21. The lowest BCUT2D eigenvalue weighted by Crippen LogP contribution is -2.41. The van der Waals surface area contributed by atoms with Gasteiger partial charge in [-0.3, -0.25) is 9.59 Å². The fourth-order valence-corrected chi connectivity index (χ4v) is 6.49. The molecular weight excluding hydrogens is 400 g/mol. The monoisotopic (exact) mass is 420 g/mol. The molecule has 152 valence electrons. The SMILES string of the molecule is Cc1cccc(C)c1N1C(=O)[C@@H]2[C@H]3C[C@@H]([C@@H]4C(c5ccc(Cl)cc5)=NO[C@H]34)[C@@H]2C1=O. The van der Waals surface area contributed by atoms with Crippen LogP contribution in [0, 0.1) is 43.4 Å². The topological polar surface area (TPSA) is 59.0 Å². The highest BCUT2D eigenvalue weighted by Gasteiger charge is 2.70. The van der Waals surface area contributed by atoms with Crippen LogP contribution in [0.15, 0.2) is 47.6 Å². The van der Waals surface area contributed by atoms with Crippen LogP contribution in [0.3, 0.4) is 0 Å². The molecular formula is C24H21ClN2O3. The van der Waals surface area contributed by atoms with Gasteiger partial charge in [0.1, 0.15) is 6.10 Å². The number of rotatable bonds is 2. The summed E-state index contributed by atoms with van der Waals surface area (Å²) >= 11 is 6.04. The number of imide groups is 1. The molecule has 0 spiro atoms. The van der Waals surface area contributed by atoms with Gasteiger partial charge in [-0.15, -0.1) is 0 Å². The van der Waals surface area contributed by atoms with Crippen molar-refractivity contribution in [3.63, 3.8) is 0 Å². The van der Waals surface area contributed by atoms with Crippen molar-refractivity contribution in [3.05, 3.63) is 64.2 Å². The number of carbonyl (C=O) groups is 2. The smallest absolute Gasteiger partial charge is 0.238 e. The minimum atomic E-state index is -0.303. The Hall–Kier alpha value is -2.66. The first kappa shape index (κ1) is 18.1. The van der Waals surface area contributed by atoms with Gasteiger partial charge < -0.3 is 4.84 Å². The van der Waals surface area contributed by atoms with E-state index in [0.717, 1.165) is 34.5 Å². The zero-order valence-corrected chi connectivity index (χ0v) is 17.5. The molecule has 1 saturated heterocycles. The predicted molar refractivity (Wildman–Crippen MR) is 113 cm³/mol. The first-order chi connectivity index (χ1) is 14.5. The van der Waals surface area contributed by atoms with Crippen molar-refractivity contribution in [2.45, 2.75) is 26.4 Å². The minimum absolute atomic E-state index is 0.0318. The molecule has 2 aromatic rings. The Morgan fingerprint density at radius 2 is 1.57 bits per heavy atom. The van der Waals surface area contributed by atoms with Crippen molar-refractivity contribution in [1.82, 2.24) is 0 Å². The van der Waals surface area contributed by atoms with Crippen LogP contribution < -0.4 is 4.90 Å². The van der Waals surface area contributed by atoms with Gasteiger partial charge in [-0.25, -0.2) is 4.90 Å². The average Bonchev–Trinajstić information content (AvgIpc) is 3.45. The van der Waals surface area contributed by atoms with E-state index in [1.165, 1.54) is 4.90 Å². The van der Waals surface area contributed by atoms with Gasteiger partial charge in [-0.2, -0.15) is 0 Å². The molecule has 0 radical (unpaired) electrons. The molecule has 0 unspecified atom stereocenters. The molecule has 4 aliphatic rings. The number of benzene rings is 2. The van der Waals surface area contributed by atoms with Gasteiger partial charge >= 0.3 is 0 Å². The quantitative estimate of drug-likeness (QED) is 0.686. The van der Waals surface area contributed by atoms with Crippen molar-refractivity contribution in [3.8, 4) is 0 Å². The molecule has 3 fully saturated rings. The van der Waals surface area contributed by atoms with Crippen molar-refractivity contribution in [2.75, 3.05) is 4.90 Å². The number of anilines is 1. The number of hydrogen-bond donors (Lipinski definition) is 0. The molecule has 2 saturated carbocycles. The van der Waals surface area contributed by atoms with Crippen molar-refractivity contribution >= 4 is 34.8 Å². The number of halogens is 1. The maximum Gasteiger partial charge on any atom is 0.238 e. The zero-order chi connectivity index (χ0) is 20.7. The van der Waals surface area contributed by atoms with E-state index in [1.807, 2.05) is 56.3 Å². The van der Waals surface area contributed by atoms with Crippen LogP contribution >= 0.6 is 11.6 Å². The van der Waals surface area contributed by atoms with Gasteiger partial charge in [-0.1, -0.05) is 47.1 Å². The molecule has 0 N–H and O–H groups in total. The van der Waals surface area contributed by atoms with Crippen molar-refractivity contribution < 1.29 is 14.4 Å². The number of amides is 2. The highest BCUT2D eigenvalue weighted by atomic mass is 35.5. The summed E-state index contributed by atoms with van der Waals surface area (Å²) in [5, 5.41) is 5.05. The molecule has 6 atom stereocenters. The zero-order valence-electron chi connectivity index (χ0n) is 16.7. The summed E-state index contributed by atoms with van der Waals surface area (Å²) in [7, 11) is 0. The minimum Gasteiger partial charge on any atom is -0.391 e. The number of fused-ring (bicyclic) bond motifs is 8. The van der Waals surface area contributed by atoms with Gasteiger partial charge in [-0.05, 0) is 55.0 Å². The second-order valence-electron chi connectivity index (χ2n) is 8.95. The van der Waals surface area contributed by atoms with Crippen LogP contribution in [0.5, 0.6) is 0 Å². The van der Waals surface area contributed by atoms with Gasteiger partial charge in [0.05, 0.1) is 23.2 Å². The van der Waals surface area contributed by atoms with Crippen LogP contribution in [0.1, 0.15) is 23.1 Å². The maximum absolute atomic E-state index is 13.6. The summed E-state index contributed by atoms with van der Waals surface area (Å²) < 4.78 is 0. The number of aryl methyl sites for hydroxylation is 2. The molecule has 2 aromatic carbocycles. The summed E-state index contributed by atoms with van der Waals surface area (Å²) in [4.78, 5) is 34.4. The fourth-order valence-electron chi connectivity index (χ4n) is 6.36. The average molecular weight is 421 g/mol. The first-order valence-corrected chi connectivity index (χ1v) is 10.8. The molecule has 2 heterocycles. The Kier molecular flexibility index (Phi) is 3.73. The van der Waals surface area contributed by atoms with E-state index in [4.69, 9.17) is 16.4 Å². The first-order valence-electron chi connectivity index (χ1n) is 10.4. The van der Waals surface area contributed by atoms with E-state index in [-0.39, 0.29) is 47.5 Å². The van der Waals surface area contributed by atoms with Crippen LogP contribution in [0.4, 0.5) is 5.69 Å². The van der Waals surface area contributed by atoms with E-state index in [9.17, 15) is 9.59 Å². The van der Waals surface area contributed by atoms with Gasteiger partial charge in [0.15, 0.2) is 0 Å². The third-order valence-electron chi connectivity index (χ3n) is 7.49. The van der Waals surface area contributed by atoms with Gasteiger partial charge in [0.2, 0.25) is 11.8 Å². The molecule has 0 aromatic heterocycles. The van der Waals surface area contributed by atoms with Crippen LogP contribution in [0.25, 0.3) is 0 Å². The fraction of sp³-hybridized carbons (Fsp3) is 0.375. The number of carbonyl (C=O) groups excluding carboxylic acids is 2. The molecule has 5 nitrogen and oxygen atoms in total. The van der Waals surface area contributed by atoms with Crippen LogP contribution in [0.2, 0.25) is 5.02 Å². The number of hydrogen-bond acceptors (Lipinski definition) is 4. The van der Waals surface area contributed by atoms with E-state index in [2.05, 4.69) is 5.16 Å². The Bertz CT molecular complexity index is 1110. The number of oxime groups is 1. The van der Waals surface area contributed by atoms with Gasteiger partial charge in [0.25, 0.3) is 0 Å². The molecule has 6 heteroatoms. The summed E-state index contributed by atoms with van der Waals surface area (Å²) in [6.07, 6.45) is 0.714. The Labute approximate surface area is 179 Å². The molecule has 30 heavy (non-hydrogen) atoms. The van der Waals surface area contributed by atoms with E-state index >= 15 is 0 Å². The lowest BCUT2D eigenvalue weighted by molar-refractivity contribution is -0.125. The normalized spacial score (nSPS) is 33.6. The second-order valence-corrected chi connectivity index (χ2v) is 9.38. The van der Waals surface area contributed by atoms with E-state index in [1.54, 1.807) is 0 Å². The Morgan fingerprint density at radius 1 is 0.933 bits per heavy atom. The molecule has 2 aliphatic heterocycles.